The molecule has 4 rings (SSSR count). The first-order chi connectivity index (χ1) is 17.4. The SMILES string of the molecule is CCCCn1c(-c2ccccc2)nc(-c2ccccc2)c1CN(CC)Cc1cccc(C(F)(F)F)c1. The molecule has 3 nitrogen and oxygen atoms in total. The van der Waals surface area contributed by atoms with Crippen molar-refractivity contribution in [2.45, 2.75) is 52.5 Å². The van der Waals surface area contributed by atoms with E-state index in [4.69, 9.17) is 4.98 Å². The van der Waals surface area contributed by atoms with Crippen molar-refractivity contribution in [2.75, 3.05) is 6.54 Å². The smallest absolute Gasteiger partial charge is 0.326 e. The third-order valence-corrected chi connectivity index (χ3v) is 6.37. The van der Waals surface area contributed by atoms with Crippen LogP contribution in [0.3, 0.4) is 0 Å². The van der Waals surface area contributed by atoms with E-state index in [0.717, 1.165) is 53.8 Å². The Balaban J connectivity index is 1.76. The van der Waals surface area contributed by atoms with Crippen LogP contribution in [0.5, 0.6) is 0 Å². The molecule has 4 aromatic rings. The number of unbranched alkanes of at least 4 members (excludes halogenated alkanes) is 1. The molecule has 0 amide bonds. The van der Waals surface area contributed by atoms with Crippen LogP contribution in [0.4, 0.5) is 13.2 Å². The lowest BCUT2D eigenvalue weighted by Crippen LogP contribution is -2.24. The van der Waals surface area contributed by atoms with E-state index in [1.807, 2.05) is 43.3 Å². The van der Waals surface area contributed by atoms with Crippen molar-refractivity contribution < 1.29 is 13.2 Å². The number of imidazole rings is 1. The highest BCUT2D eigenvalue weighted by atomic mass is 19.4. The maximum atomic E-state index is 13.3. The van der Waals surface area contributed by atoms with Gasteiger partial charge in [-0.2, -0.15) is 13.2 Å². The Hall–Kier alpha value is -3.38. The van der Waals surface area contributed by atoms with Crippen LogP contribution in [0.25, 0.3) is 22.6 Å². The lowest BCUT2D eigenvalue weighted by atomic mass is 10.1. The predicted octanol–water partition coefficient (Wildman–Crippen LogP) is 8.06. The fourth-order valence-electron chi connectivity index (χ4n) is 4.43. The molecule has 0 N–H and O–H groups in total. The van der Waals surface area contributed by atoms with Gasteiger partial charge in [0.15, 0.2) is 0 Å². The highest BCUT2D eigenvalue weighted by Crippen LogP contribution is 2.32. The summed E-state index contributed by atoms with van der Waals surface area (Å²) in [6.07, 6.45) is -2.29. The molecule has 0 radical (unpaired) electrons. The van der Waals surface area contributed by atoms with Gasteiger partial charge in [0.05, 0.1) is 17.0 Å². The van der Waals surface area contributed by atoms with E-state index >= 15 is 0 Å². The van der Waals surface area contributed by atoms with E-state index in [9.17, 15) is 13.2 Å². The molecular weight excluding hydrogens is 459 g/mol. The Kier molecular flexibility index (Phi) is 8.26. The minimum atomic E-state index is -4.35. The molecule has 0 saturated carbocycles. The van der Waals surface area contributed by atoms with Crippen molar-refractivity contribution >= 4 is 0 Å². The van der Waals surface area contributed by atoms with Gasteiger partial charge in [-0.1, -0.05) is 99.1 Å². The summed E-state index contributed by atoms with van der Waals surface area (Å²) < 4.78 is 42.2. The predicted molar refractivity (Wildman–Crippen MR) is 139 cm³/mol. The van der Waals surface area contributed by atoms with Crippen LogP contribution in [-0.4, -0.2) is 21.0 Å². The summed E-state index contributed by atoms with van der Waals surface area (Å²) in [4.78, 5) is 7.31. The summed E-state index contributed by atoms with van der Waals surface area (Å²) in [5.41, 5.74) is 4.14. The van der Waals surface area contributed by atoms with E-state index in [0.29, 0.717) is 25.2 Å². The van der Waals surface area contributed by atoms with Crippen LogP contribution in [0.15, 0.2) is 84.9 Å². The molecule has 0 bridgehead atoms. The molecule has 1 aromatic heterocycles. The molecule has 0 unspecified atom stereocenters. The molecule has 0 saturated heterocycles. The number of benzene rings is 3. The van der Waals surface area contributed by atoms with Crippen molar-refractivity contribution in [3.63, 3.8) is 0 Å². The maximum Gasteiger partial charge on any atom is 0.416 e. The molecule has 6 heteroatoms. The highest BCUT2D eigenvalue weighted by Gasteiger charge is 2.30. The van der Waals surface area contributed by atoms with Gasteiger partial charge >= 0.3 is 6.18 Å². The molecule has 0 aliphatic rings. The summed E-state index contributed by atoms with van der Waals surface area (Å²) >= 11 is 0. The second kappa shape index (κ2) is 11.6. The summed E-state index contributed by atoms with van der Waals surface area (Å²) in [5, 5.41) is 0. The zero-order chi connectivity index (χ0) is 25.5. The van der Waals surface area contributed by atoms with E-state index in [2.05, 4.69) is 40.7 Å². The number of hydrogen-bond donors (Lipinski definition) is 0. The van der Waals surface area contributed by atoms with Gasteiger partial charge in [-0.3, -0.25) is 4.90 Å². The fourth-order valence-corrected chi connectivity index (χ4v) is 4.43. The Morgan fingerprint density at radius 3 is 2.08 bits per heavy atom. The van der Waals surface area contributed by atoms with Crippen molar-refractivity contribution in [1.82, 2.24) is 14.5 Å². The molecular formula is C30H32F3N3. The highest BCUT2D eigenvalue weighted by molar-refractivity contribution is 5.68. The first-order valence-corrected chi connectivity index (χ1v) is 12.5. The third-order valence-electron chi connectivity index (χ3n) is 6.37. The van der Waals surface area contributed by atoms with Crippen molar-refractivity contribution in [3.8, 4) is 22.6 Å². The largest absolute Gasteiger partial charge is 0.416 e. The Morgan fingerprint density at radius 2 is 1.47 bits per heavy atom. The minimum Gasteiger partial charge on any atom is -0.326 e. The van der Waals surface area contributed by atoms with Crippen molar-refractivity contribution in [1.29, 1.82) is 0 Å². The zero-order valence-corrected chi connectivity index (χ0v) is 20.8. The average molecular weight is 492 g/mol. The van der Waals surface area contributed by atoms with Gasteiger partial charge in [0.2, 0.25) is 0 Å². The lowest BCUT2D eigenvalue weighted by Gasteiger charge is -2.23. The van der Waals surface area contributed by atoms with Gasteiger partial charge in [0.25, 0.3) is 0 Å². The molecule has 36 heavy (non-hydrogen) atoms. The van der Waals surface area contributed by atoms with E-state index in [1.54, 1.807) is 6.07 Å². The van der Waals surface area contributed by atoms with Gasteiger partial charge in [-0.25, -0.2) is 4.98 Å². The molecule has 0 fully saturated rings. The van der Waals surface area contributed by atoms with Gasteiger partial charge in [0.1, 0.15) is 5.82 Å². The lowest BCUT2D eigenvalue weighted by molar-refractivity contribution is -0.137. The molecule has 0 aliphatic carbocycles. The van der Waals surface area contributed by atoms with Crippen LogP contribution < -0.4 is 0 Å². The average Bonchev–Trinajstić information content (AvgIpc) is 3.25. The molecule has 188 valence electrons. The second-order valence-corrected chi connectivity index (χ2v) is 8.97. The molecule has 0 aliphatic heterocycles. The van der Waals surface area contributed by atoms with Gasteiger partial charge in [-0.15, -0.1) is 0 Å². The van der Waals surface area contributed by atoms with Crippen LogP contribution in [-0.2, 0) is 25.8 Å². The quantitative estimate of drug-likeness (QED) is 0.224. The number of nitrogens with zero attached hydrogens (tertiary/aromatic N) is 3. The van der Waals surface area contributed by atoms with Crippen LogP contribution >= 0.6 is 0 Å². The number of alkyl halides is 3. The van der Waals surface area contributed by atoms with Crippen molar-refractivity contribution in [2.24, 2.45) is 0 Å². The number of rotatable bonds is 10. The third kappa shape index (κ3) is 6.05. The number of aromatic nitrogens is 2. The summed E-state index contributed by atoms with van der Waals surface area (Å²) in [6, 6.07) is 25.9. The molecule has 0 atom stereocenters. The van der Waals surface area contributed by atoms with E-state index in [-0.39, 0.29) is 0 Å². The van der Waals surface area contributed by atoms with Crippen LogP contribution in [0.1, 0.15) is 43.5 Å². The maximum absolute atomic E-state index is 13.3. The monoisotopic (exact) mass is 491 g/mol. The Bertz CT molecular complexity index is 1250. The standard InChI is InChI=1S/C30H32F3N3/c1-3-5-19-36-27(22-35(4-2)21-23-13-12-18-26(20-23)30(31,32)33)28(24-14-8-6-9-15-24)34-29(36)25-16-10-7-11-17-25/h6-18,20H,3-5,19,21-22H2,1-2H3. The van der Waals surface area contributed by atoms with Gasteiger partial charge < -0.3 is 4.57 Å². The summed E-state index contributed by atoms with van der Waals surface area (Å²) in [5.74, 6) is 0.924. The van der Waals surface area contributed by atoms with E-state index in [1.165, 1.54) is 12.1 Å². The number of halogens is 3. The number of hydrogen-bond acceptors (Lipinski definition) is 2. The van der Waals surface area contributed by atoms with Crippen LogP contribution in [0.2, 0.25) is 0 Å². The normalized spacial score (nSPS) is 11.8. The van der Waals surface area contributed by atoms with E-state index < -0.39 is 11.7 Å². The summed E-state index contributed by atoms with van der Waals surface area (Å²) in [7, 11) is 0. The Morgan fingerprint density at radius 1 is 0.806 bits per heavy atom. The topological polar surface area (TPSA) is 21.1 Å². The van der Waals surface area contributed by atoms with Crippen molar-refractivity contribution in [3.05, 3.63) is 102 Å². The second-order valence-electron chi connectivity index (χ2n) is 8.97. The van der Waals surface area contributed by atoms with Crippen LogP contribution in [0, 0.1) is 0 Å². The minimum absolute atomic E-state index is 0.425. The molecule has 0 spiro atoms. The molecule has 1 heterocycles. The fraction of sp³-hybridized carbons (Fsp3) is 0.300. The van der Waals surface area contributed by atoms with Gasteiger partial charge in [-0.05, 0) is 24.6 Å². The zero-order valence-electron chi connectivity index (χ0n) is 20.8. The first kappa shape index (κ1) is 25.7. The Labute approximate surface area is 211 Å². The molecule has 3 aromatic carbocycles. The first-order valence-electron chi connectivity index (χ1n) is 12.5. The summed E-state index contributed by atoms with van der Waals surface area (Å²) in [6.45, 7) is 6.75. The van der Waals surface area contributed by atoms with Gasteiger partial charge in [0, 0.05) is 30.8 Å².